The Labute approximate surface area is 90.2 Å². The quantitative estimate of drug-likeness (QED) is 0.565. The van der Waals surface area contributed by atoms with Crippen LogP contribution in [-0.4, -0.2) is 34.1 Å². The topological polar surface area (TPSA) is 60.7 Å². The van der Waals surface area contributed by atoms with Gasteiger partial charge in [-0.15, -0.1) is 0 Å². The normalized spacial score (nSPS) is 11.6. The Hall–Kier alpha value is 0.310. The van der Waals surface area contributed by atoms with Crippen LogP contribution < -0.4 is 0 Å². The highest BCUT2D eigenvalue weighted by molar-refractivity contribution is 6.92. The SMILES string of the molecule is CC(C)C(O)(CCCO)CCCO.P. The van der Waals surface area contributed by atoms with Gasteiger partial charge in [0.25, 0.3) is 0 Å². The molecule has 3 nitrogen and oxygen atoms in total. The Balaban J connectivity index is 0. The van der Waals surface area contributed by atoms with Crippen molar-refractivity contribution in [1.82, 2.24) is 0 Å². The van der Waals surface area contributed by atoms with Crippen LogP contribution in [-0.2, 0) is 0 Å². The predicted octanol–water partition coefficient (Wildman–Crippen LogP) is 0.977. The second-order valence-electron chi connectivity index (χ2n) is 3.91. The molecular formula is C10H25O3P. The maximum atomic E-state index is 10.1. The molecule has 0 aromatic rings. The van der Waals surface area contributed by atoms with Crippen LogP contribution in [0.1, 0.15) is 39.5 Å². The largest absolute Gasteiger partial charge is 0.396 e. The van der Waals surface area contributed by atoms with Crippen molar-refractivity contribution < 1.29 is 15.3 Å². The molecule has 0 radical (unpaired) electrons. The molecule has 0 saturated heterocycles. The molecule has 0 spiro atoms. The minimum Gasteiger partial charge on any atom is -0.396 e. The monoisotopic (exact) mass is 224 g/mol. The summed E-state index contributed by atoms with van der Waals surface area (Å²) in [5.41, 5.74) is -0.717. The van der Waals surface area contributed by atoms with E-state index in [1.165, 1.54) is 0 Å². The summed E-state index contributed by atoms with van der Waals surface area (Å²) < 4.78 is 0. The Kier molecular flexibility index (Phi) is 10.3. The van der Waals surface area contributed by atoms with Gasteiger partial charge in [-0.25, -0.2) is 0 Å². The number of hydrogen-bond acceptors (Lipinski definition) is 3. The first-order chi connectivity index (χ1) is 6.06. The van der Waals surface area contributed by atoms with E-state index in [4.69, 9.17) is 10.2 Å². The third-order valence-corrected chi connectivity index (χ3v) is 2.61. The Morgan fingerprint density at radius 3 is 1.57 bits per heavy atom. The van der Waals surface area contributed by atoms with E-state index in [1.54, 1.807) is 0 Å². The molecule has 1 unspecified atom stereocenters. The molecular weight excluding hydrogens is 199 g/mol. The molecule has 0 aliphatic carbocycles. The molecule has 0 aromatic carbocycles. The van der Waals surface area contributed by atoms with Crippen molar-refractivity contribution in [2.24, 2.45) is 5.92 Å². The van der Waals surface area contributed by atoms with E-state index < -0.39 is 5.60 Å². The minimum absolute atomic E-state index is 0. The highest BCUT2D eigenvalue weighted by Crippen LogP contribution is 2.27. The molecule has 0 heterocycles. The summed E-state index contributed by atoms with van der Waals surface area (Å²) in [5, 5.41) is 27.5. The summed E-state index contributed by atoms with van der Waals surface area (Å²) in [4.78, 5) is 0. The number of aliphatic hydroxyl groups is 3. The second-order valence-corrected chi connectivity index (χ2v) is 3.91. The van der Waals surface area contributed by atoms with Crippen molar-refractivity contribution in [3.05, 3.63) is 0 Å². The van der Waals surface area contributed by atoms with Gasteiger partial charge in [0.05, 0.1) is 5.60 Å². The van der Waals surface area contributed by atoms with Crippen molar-refractivity contribution in [2.75, 3.05) is 13.2 Å². The van der Waals surface area contributed by atoms with Crippen LogP contribution in [0.15, 0.2) is 0 Å². The van der Waals surface area contributed by atoms with Gasteiger partial charge in [0.1, 0.15) is 0 Å². The van der Waals surface area contributed by atoms with Gasteiger partial charge in [0, 0.05) is 13.2 Å². The average molecular weight is 224 g/mol. The van der Waals surface area contributed by atoms with Gasteiger partial charge >= 0.3 is 0 Å². The van der Waals surface area contributed by atoms with Gasteiger partial charge < -0.3 is 15.3 Å². The van der Waals surface area contributed by atoms with Crippen LogP contribution >= 0.6 is 9.90 Å². The smallest absolute Gasteiger partial charge is 0.0672 e. The summed E-state index contributed by atoms with van der Waals surface area (Å²) in [6, 6.07) is 0. The maximum Gasteiger partial charge on any atom is 0.0672 e. The molecule has 0 saturated carbocycles. The lowest BCUT2D eigenvalue weighted by atomic mass is 9.82. The Morgan fingerprint density at radius 2 is 1.36 bits per heavy atom. The Bertz CT molecular complexity index is 121. The third-order valence-electron chi connectivity index (χ3n) is 2.61. The summed E-state index contributed by atoms with van der Waals surface area (Å²) >= 11 is 0. The van der Waals surface area contributed by atoms with E-state index in [0.29, 0.717) is 25.7 Å². The lowest BCUT2D eigenvalue weighted by molar-refractivity contribution is -0.0297. The van der Waals surface area contributed by atoms with Crippen molar-refractivity contribution in [1.29, 1.82) is 0 Å². The van der Waals surface area contributed by atoms with Crippen LogP contribution in [0.2, 0.25) is 0 Å². The fourth-order valence-corrected chi connectivity index (χ4v) is 1.47. The second kappa shape index (κ2) is 8.60. The van der Waals surface area contributed by atoms with Gasteiger partial charge in [-0.3, -0.25) is 0 Å². The van der Waals surface area contributed by atoms with Gasteiger partial charge in [-0.05, 0) is 31.6 Å². The van der Waals surface area contributed by atoms with E-state index in [9.17, 15) is 5.11 Å². The van der Waals surface area contributed by atoms with E-state index >= 15 is 0 Å². The first kappa shape index (κ1) is 16.7. The minimum atomic E-state index is -0.717. The summed E-state index contributed by atoms with van der Waals surface area (Å²) in [6.45, 7) is 4.17. The lowest BCUT2D eigenvalue weighted by Gasteiger charge is -2.32. The fourth-order valence-electron chi connectivity index (χ4n) is 1.47. The fraction of sp³-hybridized carbons (Fsp3) is 1.00. The first-order valence-electron chi connectivity index (χ1n) is 5.01. The zero-order chi connectivity index (χ0) is 10.3. The van der Waals surface area contributed by atoms with Crippen molar-refractivity contribution in [3.63, 3.8) is 0 Å². The lowest BCUT2D eigenvalue weighted by Crippen LogP contribution is -2.35. The zero-order valence-corrected chi connectivity index (χ0v) is 10.8. The van der Waals surface area contributed by atoms with Gasteiger partial charge in [0.15, 0.2) is 0 Å². The van der Waals surface area contributed by atoms with Crippen LogP contribution in [0.3, 0.4) is 0 Å². The molecule has 0 fully saturated rings. The molecule has 0 rings (SSSR count). The number of hydrogen-bond donors (Lipinski definition) is 3. The van der Waals surface area contributed by atoms with Crippen LogP contribution in [0.5, 0.6) is 0 Å². The zero-order valence-electron chi connectivity index (χ0n) is 9.37. The number of rotatable bonds is 7. The molecule has 1 atom stereocenters. The molecule has 88 valence electrons. The summed E-state index contributed by atoms with van der Waals surface area (Å²) in [6.07, 6.45) is 2.47. The van der Waals surface area contributed by atoms with Crippen molar-refractivity contribution >= 4 is 9.90 Å². The van der Waals surface area contributed by atoms with E-state index in [-0.39, 0.29) is 29.0 Å². The number of aliphatic hydroxyl groups excluding tert-OH is 2. The molecule has 14 heavy (non-hydrogen) atoms. The maximum absolute atomic E-state index is 10.1. The van der Waals surface area contributed by atoms with Crippen LogP contribution in [0, 0.1) is 5.92 Å². The van der Waals surface area contributed by atoms with E-state index in [1.807, 2.05) is 13.8 Å². The predicted molar refractivity (Wildman–Crippen MR) is 63.5 cm³/mol. The molecule has 0 aromatic heterocycles. The van der Waals surface area contributed by atoms with E-state index in [2.05, 4.69) is 0 Å². The van der Waals surface area contributed by atoms with Gasteiger partial charge in [0.2, 0.25) is 0 Å². The molecule has 4 heteroatoms. The Morgan fingerprint density at radius 1 is 1.00 bits per heavy atom. The summed E-state index contributed by atoms with van der Waals surface area (Å²) in [7, 11) is 0. The molecule has 0 bridgehead atoms. The van der Waals surface area contributed by atoms with Gasteiger partial charge in [-0.1, -0.05) is 13.8 Å². The van der Waals surface area contributed by atoms with Crippen LogP contribution in [0.25, 0.3) is 0 Å². The van der Waals surface area contributed by atoms with Crippen molar-refractivity contribution in [2.45, 2.75) is 45.1 Å². The van der Waals surface area contributed by atoms with E-state index in [0.717, 1.165) is 0 Å². The first-order valence-corrected chi connectivity index (χ1v) is 5.01. The molecule has 0 aliphatic heterocycles. The van der Waals surface area contributed by atoms with Gasteiger partial charge in [-0.2, -0.15) is 9.90 Å². The highest BCUT2D eigenvalue weighted by atomic mass is 31.0. The molecule has 0 amide bonds. The molecule has 0 aliphatic rings. The summed E-state index contributed by atoms with van der Waals surface area (Å²) in [5.74, 6) is 0.172. The standard InChI is InChI=1S/C10H22O3.H3P/c1-9(2)10(13,5-3-7-11)6-4-8-12;/h9,11-13H,3-8H2,1-2H3;1H3. The third kappa shape index (κ3) is 5.92. The average Bonchev–Trinajstić information content (AvgIpc) is 2.11. The van der Waals surface area contributed by atoms with Crippen LogP contribution in [0.4, 0.5) is 0 Å². The van der Waals surface area contributed by atoms with Crippen molar-refractivity contribution in [3.8, 4) is 0 Å². The highest BCUT2D eigenvalue weighted by Gasteiger charge is 2.29. The molecule has 3 N–H and O–H groups in total.